The number of nitrogens with zero attached hydrogens (tertiary/aromatic N) is 2. The Morgan fingerprint density at radius 2 is 2.07 bits per heavy atom. The Hall–Kier alpha value is -3.20. The number of hydrogen-bond acceptors (Lipinski definition) is 4. The summed E-state index contributed by atoms with van der Waals surface area (Å²) in [6, 6.07) is 8.24. The molecule has 0 saturated heterocycles. The summed E-state index contributed by atoms with van der Waals surface area (Å²) in [6.07, 6.45) is 2.91. The van der Waals surface area contributed by atoms with Gasteiger partial charge in [-0.25, -0.2) is 4.39 Å². The summed E-state index contributed by atoms with van der Waals surface area (Å²) in [5.41, 5.74) is 0.805. The van der Waals surface area contributed by atoms with Crippen LogP contribution in [-0.4, -0.2) is 28.9 Å². The number of carbonyl (C=O) groups excluding carboxylic acids is 1. The van der Waals surface area contributed by atoms with Gasteiger partial charge in [0.1, 0.15) is 5.82 Å². The van der Waals surface area contributed by atoms with Crippen LogP contribution in [0.5, 0.6) is 11.5 Å². The fourth-order valence-electron chi connectivity index (χ4n) is 2.67. The van der Waals surface area contributed by atoms with E-state index in [1.54, 1.807) is 13.0 Å². The summed E-state index contributed by atoms with van der Waals surface area (Å²) < 4.78 is 50.0. The van der Waals surface area contributed by atoms with Crippen LogP contribution in [0.15, 0.2) is 48.8 Å². The summed E-state index contributed by atoms with van der Waals surface area (Å²) in [5.74, 6) is -1.12. The first-order valence-electron chi connectivity index (χ1n) is 8.85. The lowest BCUT2D eigenvalue weighted by molar-refractivity contribution is -0.0514. The van der Waals surface area contributed by atoms with Crippen molar-refractivity contribution >= 4 is 23.2 Å². The zero-order chi connectivity index (χ0) is 21.7. The highest BCUT2D eigenvalue weighted by atomic mass is 35.5. The number of ether oxygens (including phenoxy) is 2. The van der Waals surface area contributed by atoms with Crippen LogP contribution in [0.1, 0.15) is 22.8 Å². The number of aromatic nitrogens is 2. The quantitative estimate of drug-likeness (QED) is 0.538. The van der Waals surface area contributed by atoms with E-state index in [0.717, 1.165) is 0 Å². The van der Waals surface area contributed by atoms with Crippen molar-refractivity contribution in [2.24, 2.45) is 0 Å². The summed E-state index contributed by atoms with van der Waals surface area (Å²) in [7, 11) is 0. The molecule has 1 N–H and O–H groups in total. The molecule has 30 heavy (non-hydrogen) atoms. The molecule has 0 aliphatic carbocycles. The zero-order valence-electron chi connectivity index (χ0n) is 15.7. The molecule has 1 heterocycles. The smallest absolute Gasteiger partial charge is 0.387 e. The van der Waals surface area contributed by atoms with E-state index in [0.29, 0.717) is 5.69 Å². The third-order valence-corrected chi connectivity index (χ3v) is 4.35. The number of alkyl halides is 2. The Balaban J connectivity index is 1.73. The van der Waals surface area contributed by atoms with Crippen molar-refractivity contribution in [2.45, 2.75) is 20.1 Å². The standard InChI is InChI=1S/C20H17ClF3N3O3/c1-2-29-18-8-12(6-7-17(18)30-20(23)24)19(28)26-13-9-25-27(10-13)11-14-15(21)4-3-5-16(14)22/h3-10,20H,2,11H2,1H3,(H,26,28). The molecule has 3 rings (SSSR count). The normalized spacial score (nSPS) is 10.9. The number of carbonyl (C=O) groups is 1. The van der Waals surface area contributed by atoms with Crippen molar-refractivity contribution in [1.82, 2.24) is 9.78 Å². The van der Waals surface area contributed by atoms with Gasteiger partial charge in [0.15, 0.2) is 11.5 Å². The fraction of sp³-hybridized carbons (Fsp3) is 0.200. The molecular formula is C20H17ClF3N3O3. The third kappa shape index (κ3) is 5.24. The number of hydrogen-bond donors (Lipinski definition) is 1. The molecule has 6 nitrogen and oxygen atoms in total. The van der Waals surface area contributed by atoms with E-state index in [2.05, 4.69) is 15.2 Å². The Labute approximate surface area is 175 Å². The first-order valence-corrected chi connectivity index (χ1v) is 9.23. The SMILES string of the molecule is CCOc1cc(C(=O)Nc2cnn(Cc3c(F)cccc3Cl)c2)ccc1OC(F)F. The molecule has 1 aromatic heterocycles. The molecule has 1 amide bonds. The maximum Gasteiger partial charge on any atom is 0.387 e. The zero-order valence-corrected chi connectivity index (χ0v) is 16.5. The lowest BCUT2D eigenvalue weighted by Crippen LogP contribution is -2.12. The van der Waals surface area contributed by atoms with Gasteiger partial charge in [0.25, 0.3) is 5.91 Å². The van der Waals surface area contributed by atoms with Crippen molar-refractivity contribution < 1.29 is 27.4 Å². The molecule has 0 aliphatic heterocycles. The first-order chi connectivity index (χ1) is 14.4. The summed E-state index contributed by atoms with van der Waals surface area (Å²) in [6.45, 7) is -1.06. The molecule has 2 aromatic carbocycles. The maximum absolute atomic E-state index is 13.9. The number of rotatable bonds is 8. The van der Waals surface area contributed by atoms with E-state index in [-0.39, 0.29) is 40.8 Å². The number of anilines is 1. The van der Waals surface area contributed by atoms with Crippen LogP contribution in [0.25, 0.3) is 0 Å². The Morgan fingerprint density at radius 3 is 2.77 bits per heavy atom. The molecule has 0 radical (unpaired) electrons. The fourth-order valence-corrected chi connectivity index (χ4v) is 2.90. The van der Waals surface area contributed by atoms with Gasteiger partial charge in [-0.2, -0.15) is 13.9 Å². The van der Waals surface area contributed by atoms with Crippen LogP contribution >= 0.6 is 11.6 Å². The topological polar surface area (TPSA) is 65.4 Å². The monoisotopic (exact) mass is 439 g/mol. The molecule has 0 fully saturated rings. The van der Waals surface area contributed by atoms with Gasteiger partial charge in [-0.15, -0.1) is 0 Å². The second-order valence-electron chi connectivity index (χ2n) is 6.05. The minimum absolute atomic E-state index is 0.0235. The van der Waals surface area contributed by atoms with Crippen molar-refractivity contribution in [2.75, 3.05) is 11.9 Å². The lowest BCUT2D eigenvalue weighted by atomic mass is 10.2. The number of nitrogens with one attached hydrogen (secondary N) is 1. The van der Waals surface area contributed by atoms with Crippen LogP contribution < -0.4 is 14.8 Å². The van der Waals surface area contributed by atoms with Gasteiger partial charge in [-0.1, -0.05) is 17.7 Å². The lowest BCUT2D eigenvalue weighted by Gasteiger charge is -2.12. The molecule has 0 spiro atoms. The van der Waals surface area contributed by atoms with Gasteiger partial charge < -0.3 is 14.8 Å². The van der Waals surface area contributed by atoms with Gasteiger partial charge >= 0.3 is 6.61 Å². The van der Waals surface area contributed by atoms with Crippen LogP contribution in [0, 0.1) is 5.82 Å². The minimum Gasteiger partial charge on any atom is -0.490 e. The molecule has 0 aliphatic rings. The largest absolute Gasteiger partial charge is 0.490 e. The highest BCUT2D eigenvalue weighted by molar-refractivity contribution is 6.31. The van der Waals surface area contributed by atoms with E-state index in [1.807, 2.05) is 0 Å². The Morgan fingerprint density at radius 1 is 1.27 bits per heavy atom. The van der Waals surface area contributed by atoms with Gasteiger partial charge in [-0.05, 0) is 37.3 Å². The predicted octanol–water partition coefficient (Wildman–Crippen LogP) is 4.98. The molecule has 0 unspecified atom stereocenters. The molecular weight excluding hydrogens is 423 g/mol. The van der Waals surface area contributed by atoms with Gasteiger partial charge in [0.2, 0.25) is 0 Å². The van der Waals surface area contributed by atoms with Crippen molar-refractivity contribution in [3.05, 3.63) is 70.8 Å². The van der Waals surface area contributed by atoms with Crippen molar-refractivity contribution in [1.29, 1.82) is 0 Å². The predicted molar refractivity (Wildman–Crippen MR) is 105 cm³/mol. The van der Waals surface area contributed by atoms with E-state index in [9.17, 15) is 18.0 Å². The molecule has 0 saturated carbocycles. The van der Waals surface area contributed by atoms with Gasteiger partial charge in [0.05, 0.1) is 25.0 Å². The molecule has 158 valence electrons. The molecule has 0 atom stereocenters. The van der Waals surface area contributed by atoms with E-state index < -0.39 is 18.3 Å². The van der Waals surface area contributed by atoms with Crippen LogP contribution in [-0.2, 0) is 6.54 Å². The van der Waals surface area contributed by atoms with Gasteiger partial charge in [0, 0.05) is 22.3 Å². The third-order valence-electron chi connectivity index (χ3n) is 3.99. The molecule has 10 heteroatoms. The summed E-state index contributed by atoms with van der Waals surface area (Å²) in [5, 5.41) is 6.98. The highest BCUT2D eigenvalue weighted by Gasteiger charge is 2.16. The molecule has 3 aromatic rings. The van der Waals surface area contributed by atoms with Gasteiger partial charge in [-0.3, -0.25) is 9.48 Å². The Kier molecular flexibility index (Phi) is 6.83. The minimum atomic E-state index is -3.02. The highest BCUT2D eigenvalue weighted by Crippen LogP contribution is 2.30. The van der Waals surface area contributed by atoms with E-state index >= 15 is 0 Å². The average Bonchev–Trinajstić information content (AvgIpc) is 3.13. The molecule has 0 bridgehead atoms. The van der Waals surface area contributed by atoms with E-state index in [1.165, 1.54) is 47.4 Å². The van der Waals surface area contributed by atoms with Crippen LogP contribution in [0.3, 0.4) is 0 Å². The average molecular weight is 440 g/mol. The van der Waals surface area contributed by atoms with Crippen LogP contribution in [0.2, 0.25) is 5.02 Å². The van der Waals surface area contributed by atoms with Crippen molar-refractivity contribution in [3.8, 4) is 11.5 Å². The number of amides is 1. The summed E-state index contributed by atoms with van der Waals surface area (Å²) in [4.78, 5) is 12.5. The second-order valence-corrected chi connectivity index (χ2v) is 6.46. The second kappa shape index (κ2) is 9.53. The van der Waals surface area contributed by atoms with Crippen molar-refractivity contribution in [3.63, 3.8) is 0 Å². The number of halogens is 4. The summed E-state index contributed by atoms with van der Waals surface area (Å²) >= 11 is 6.02. The van der Waals surface area contributed by atoms with Crippen LogP contribution in [0.4, 0.5) is 18.9 Å². The first kappa shape index (κ1) is 21.5. The van der Waals surface area contributed by atoms with E-state index in [4.69, 9.17) is 16.3 Å². The number of benzene rings is 2. The Bertz CT molecular complexity index is 1020. The maximum atomic E-state index is 13.9.